The number of nitrogens with zero attached hydrogens (tertiary/aromatic N) is 2. The Balaban J connectivity index is 2.32. The van der Waals surface area contributed by atoms with E-state index in [1.807, 2.05) is 0 Å². The van der Waals surface area contributed by atoms with Crippen LogP contribution in [0.2, 0.25) is 0 Å². The molecule has 0 unspecified atom stereocenters. The van der Waals surface area contributed by atoms with Gasteiger partial charge >= 0.3 is 6.18 Å². The number of aliphatic hydroxyl groups excluding tert-OH is 1. The maximum Gasteiger partial charge on any atom is 0.416 e. The standard InChI is InChI=1S/C16H11F3N2O2/c17-16(18,19)10-4-3-5-11(8-10)21-14(9-22)20-13-7-2-1-6-12(13)15(21)23/h1-8,22H,9H2. The highest BCUT2D eigenvalue weighted by Crippen LogP contribution is 2.30. The number of aromatic nitrogens is 2. The average molecular weight is 320 g/mol. The smallest absolute Gasteiger partial charge is 0.388 e. The monoisotopic (exact) mass is 320 g/mol. The number of hydrogen-bond acceptors (Lipinski definition) is 3. The molecule has 2 aromatic carbocycles. The number of fused-ring (bicyclic) bond motifs is 1. The Kier molecular flexibility index (Phi) is 3.65. The van der Waals surface area contributed by atoms with Crippen LogP contribution in [0.1, 0.15) is 11.4 Å². The third-order valence-electron chi connectivity index (χ3n) is 3.42. The number of alkyl halides is 3. The fourth-order valence-corrected chi connectivity index (χ4v) is 2.37. The molecular formula is C16H11F3N2O2. The molecule has 3 aromatic rings. The van der Waals surface area contributed by atoms with Gasteiger partial charge in [-0.2, -0.15) is 13.2 Å². The van der Waals surface area contributed by atoms with E-state index in [1.54, 1.807) is 18.2 Å². The van der Waals surface area contributed by atoms with Gasteiger partial charge in [0.2, 0.25) is 0 Å². The predicted octanol–water partition coefficient (Wildman–Crippen LogP) is 2.90. The van der Waals surface area contributed by atoms with Crippen LogP contribution in [-0.2, 0) is 12.8 Å². The topological polar surface area (TPSA) is 55.1 Å². The summed E-state index contributed by atoms with van der Waals surface area (Å²) in [6.07, 6.45) is -4.52. The molecule has 0 aliphatic heterocycles. The first kappa shape index (κ1) is 15.2. The Bertz CT molecular complexity index is 932. The second-order valence-electron chi connectivity index (χ2n) is 4.89. The Labute approximate surface area is 128 Å². The number of rotatable bonds is 2. The van der Waals surface area contributed by atoms with E-state index in [-0.39, 0.29) is 16.9 Å². The molecule has 0 amide bonds. The maximum absolute atomic E-state index is 12.9. The lowest BCUT2D eigenvalue weighted by Gasteiger charge is -2.14. The summed E-state index contributed by atoms with van der Waals surface area (Å²) in [5.74, 6) is -0.0203. The largest absolute Gasteiger partial charge is 0.416 e. The molecule has 1 aromatic heterocycles. The minimum Gasteiger partial charge on any atom is -0.388 e. The predicted molar refractivity (Wildman–Crippen MR) is 78.3 cm³/mol. The van der Waals surface area contributed by atoms with Gasteiger partial charge in [0.25, 0.3) is 5.56 Å². The van der Waals surface area contributed by atoms with Crippen molar-refractivity contribution in [2.75, 3.05) is 0 Å². The van der Waals surface area contributed by atoms with Crippen molar-refractivity contribution < 1.29 is 18.3 Å². The molecule has 0 spiro atoms. The van der Waals surface area contributed by atoms with Crippen molar-refractivity contribution in [3.8, 4) is 5.69 Å². The van der Waals surface area contributed by atoms with Gasteiger partial charge in [0.1, 0.15) is 12.4 Å². The van der Waals surface area contributed by atoms with Crippen molar-refractivity contribution in [2.24, 2.45) is 0 Å². The molecule has 0 saturated heterocycles. The first-order valence-electron chi connectivity index (χ1n) is 6.71. The summed E-state index contributed by atoms with van der Waals surface area (Å²) < 4.78 is 39.6. The highest BCUT2D eigenvalue weighted by Gasteiger charge is 2.30. The van der Waals surface area contributed by atoms with Gasteiger partial charge in [0, 0.05) is 0 Å². The summed E-state index contributed by atoms with van der Waals surface area (Å²) in [5, 5.41) is 9.71. The Hall–Kier alpha value is -2.67. The van der Waals surface area contributed by atoms with Gasteiger partial charge in [-0.15, -0.1) is 0 Å². The number of hydrogen-bond donors (Lipinski definition) is 1. The Morgan fingerprint density at radius 3 is 2.52 bits per heavy atom. The summed E-state index contributed by atoms with van der Waals surface area (Å²) in [6.45, 7) is -0.573. The zero-order valence-electron chi connectivity index (χ0n) is 11.7. The summed E-state index contributed by atoms with van der Waals surface area (Å²) >= 11 is 0. The van der Waals surface area contributed by atoms with Crippen molar-refractivity contribution in [1.82, 2.24) is 9.55 Å². The van der Waals surface area contributed by atoms with Crippen LogP contribution in [0.3, 0.4) is 0 Å². The van der Waals surface area contributed by atoms with Crippen LogP contribution in [0.15, 0.2) is 53.3 Å². The zero-order valence-corrected chi connectivity index (χ0v) is 11.7. The zero-order chi connectivity index (χ0) is 16.6. The lowest BCUT2D eigenvalue weighted by molar-refractivity contribution is -0.137. The van der Waals surface area contributed by atoms with Gasteiger partial charge in [-0.25, -0.2) is 4.98 Å². The fourth-order valence-electron chi connectivity index (χ4n) is 2.37. The fraction of sp³-hybridized carbons (Fsp3) is 0.125. The quantitative estimate of drug-likeness (QED) is 0.790. The molecule has 0 aliphatic rings. The average Bonchev–Trinajstić information content (AvgIpc) is 2.54. The van der Waals surface area contributed by atoms with E-state index in [0.717, 1.165) is 16.7 Å². The van der Waals surface area contributed by atoms with E-state index in [9.17, 15) is 23.1 Å². The van der Waals surface area contributed by atoms with Crippen molar-refractivity contribution in [1.29, 1.82) is 0 Å². The van der Waals surface area contributed by atoms with Crippen LogP contribution < -0.4 is 5.56 Å². The normalized spacial score (nSPS) is 11.8. The van der Waals surface area contributed by atoms with E-state index >= 15 is 0 Å². The molecule has 4 nitrogen and oxygen atoms in total. The summed E-state index contributed by atoms with van der Waals surface area (Å²) in [6, 6.07) is 10.8. The van der Waals surface area contributed by atoms with Crippen LogP contribution in [-0.4, -0.2) is 14.7 Å². The van der Waals surface area contributed by atoms with E-state index in [1.165, 1.54) is 18.2 Å². The van der Waals surface area contributed by atoms with Gasteiger partial charge in [-0.05, 0) is 30.3 Å². The molecule has 0 saturated carbocycles. The Morgan fingerprint density at radius 1 is 1.09 bits per heavy atom. The number of benzene rings is 2. The lowest BCUT2D eigenvalue weighted by atomic mass is 10.2. The van der Waals surface area contributed by atoms with E-state index in [0.29, 0.717) is 5.52 Å². The Morgan fingerprint density at radius 2 is 1.83 bits per heavy atom. The molecule has 0 fully saturated rings. The van der Waals surface area contributed by atoms with Gasteiger partial charge in [-0.1, -0.05) is 18.2 Å². The minimum absolute atomic E-state index is 0.00660. The third-order valence-corrected chi connectivity index (χ3v) is 3.42. The van der Waals surface area contributed by atoms with Crippen LogP contribution in [0.25, 0.3) is 16.6 Å². The van der Waals surface area contributed by atoms with E-state index < -0.39 is 23.9 Å². The second kappa shape index (κ2) is 5.51. The molecule has 23 heavy (non-hydrogen) atoms. The molecule has 0 aliphatic carbocycles. The molecule has 0 radical (unpaired) electrons. The van der Waals surface area contributed by atoms with Gasteiger partial charge in [-0.3, -0.25) is 9.36 Å². The first-order valence-corrected chi connectivity index (χ1v) is 6.71. The lowest BCUT2D eigenvalue weighted by Crippen LogP contribution is -2.24. The van der Waals surface area contributed by atoms with E-state index in [2.05, 4.69) is 4.98 Å². The van der Waals surface area contributed by atoms with Crippen molar-refractivity contribution in [3.05, 3.63) is 70.3 Å². The van der Waals surface area contributed by atoms with Crippen molar-refractivity contribution in [2.45, 2.75) is 12.8 Å². The van der Waals surface area contributed by atoms with Crippen LogP contribution in [0, 0.1) is 0 Å². The summed E-state index contributed by atoms with van der Waals surface area (Å²) in [4.78, 5) is 16.8. The molecule has 1 N–H and O–H groups in total. The first-order chi connectivity index (χ1) is 10.9. The molecule has 7 heteroatoms. The third kappa shape index (κ3) is 2.70. The summed E-state index contributed by atoms with van der Waals surface area (Å²) in [7, 11) is 0. The molecule has 0 bridgehead atoms. The molecule has 3 rings (SSSR count). The highest BCUT2D eigenvalue weighted by atomic mass is 19.4. The summed E-state index contributed by atoms with van der Waals surface area (Å²) in [5.41, 5.74) is -1.02. The SMILES string of the molecule is O=c1c2ccccc2nc(CO)n1-c1cccc(C(F)(F)F)c1. The van der Waals surface area contributed by atoms with Crippen molar-refractivity contribution >= 4 is 10.9 Å². The van der Waals surface area contributed by atoms with Gasteiger partial charge < -0.3 is 5.11 Å². The minimum atomic E-state index is -4.52. The number of aliphatic hydroxyl groups is 1. The number of halogens is 3. The van der Waals surface area contributed by atoms with Crippen molar-refractivity contribution in [3.63, 3.8) is 0 Å². The van der Waals surface area contributed by atoms with Crippen LogP contribution in [0.5, 0.6) is 0 Å². The van der Waals surface area contributed by atoms with Gasteiger partial charge in [0.05, 0.1) is 22.2 Å². The maximum atomic E-state index is 12.9. The molecular weight excluding hydrogens is 309 g/mol. The second-order valence-corrected chi connectivity index (χ2v) is 4.89. The van der Waals surface area contributed by atoms with Gasteiger partial charge in [0.15, 0.2) is 0 Å². The molecule has 118 valence electrons. The molecule has 1 heterocycles. The van der Waals surface area contributed by atoms with Crippen LogP contribution >= 0.6 is 0 Å². The highest BCUT2D eigenvalue weighted by molar-refractivity contribution is 5.77. The van der Waals surface area contributed by atoms with Crippen LogP contribution in [0.4, 0.5) is 13.2 Å². The number of para-hydroxylation sites is 1. The van der Waals surface area contributed by atoms with E-state index in [4.69, 9.17) is 0 Å². The molecule has 0 atom stereocenters.